The van der Waals surface area contributed by atoms with Crippen LogP contribution < -0.4 is 5.73 Å². The van der Waals surface area contributed by atoms with Gasteiger partial charge in [0.15, 0.2) is 0 Å². The number of anilines is 1. The van der Waals surface area contributed by atoms with Gasteiger partial charge in [0.25, 0.3) is 0 Å². The number of nitrogens with zero attached hydrogens (tertiary/aromatic N) is 1. The fourth-order valence-corrected chi connectivity index (χ4v) is 5.49. The highest BCUT2D eigenvalue weighted by atomic mass is 35.5. The highest BCUT2D eigenvalue weighted by molar-refractivity contribution is 7.21. The minimum Gasteiger partial charge on any atom is -0.397 e. The summed E-state index contributed by atoms with van der Waals surface area (Å²) in [6.07, 6.45) is 2.94. The summed E-state index contributed by atoms with van der Waals surface area (Å²) in [4.78, 5) is 19.2. The molecule has 0 spiro atoms. The average Bonchev–Trinajstić information content (AvgIpc) is 3.09. The fraction of sp³-hybridized carbons (Fsp3) is 0.167. The van der Waals surface area contributed by atoms with Crippen molar-refractivity contribution in [2.75, 3.05) is 5.73 Å². The van der Waals surface area contributed by atoms with E-state index < -0.39 is 0 Å². The summed E-state index contributed by atoms with van der Waals surface area (Å²) in [6.45, 7) is 0. The number of pyridine rings is 1. The maximum absolute atomic E-state index is 13.1. The SMILES string of the molecule is Nc1c(C(=O)c2ccc(Cl)c(Cl)c2)sc2nc3c(cc12)CC(c1ccccc1)CC3. The summed E-state index contributed by atoms with van der Waals surface area (Å²) in [5.41, 5.74) is 11.1. The molecule has 1 unspecified atom stereocenters. The molecule has 0 bridgehead atoms. The molecule has 1 aliphatic rings. The Bertz CT molecular complexity index is 1280. The summed E-state index contributed by atoms with van der Waals surface area (Å²) in [5.74, 6) is 0.323. The Kier molecular flexibility index (Phi) is 5.02. The molecule has 0 saturated heterocycles. The van der Waals surface area contributed by atoms with Crippen LogP contribution in [-0.2, 0) is 12.8 Å². The van der Waals surface area contributed by atoms with Gasteiger partial charge >= 0.3 is 0 Å². The lowest BCUT2D eigenvalue weighted by Gasteiger charge is -2.24. The Morgan fingerprint density at radius 3 is 2.63 bits per heavy atom. The van der Waals surface area contributed by atoms with Gasteiger partial charge in [0.2, 0.25) is 5.78 Å². The number of ketones is 1. The highest BCUT2D eigenvalue weighted by Crippen LogP contribution is 2.39. The van der Waals surface area contributed by atoms with Crippen LogP contribution in [0.1, 0.15) is 44.4 Å². The molecule has 1 atom stereocenters. The molecular formula is C24H18Cl2N2OS. The molecule has 30 heavy (non-hydrogen) atoms. The molecule has 0 amide bonds. The lowest BCUT2D eigenvalue weighted by Crippen LogP contribution is -2.14. The first kappa shape index (κ1) is 19.6. The van der Waals surface area contributed by atoms with Gasteiger partial charge < -0.3 is 5.73 Å². The van der Waals surface area contributed by atoms with Crippen LogP contribution in [0, 0.1) is 0 Å². The lowest BCUT2D eigenvalue weighted by atomic mass is 9.82. The van der Waals surface area contributed by atoms with Gasteiger partial charge in [0.1, 0.15) is 9.71 Å². The number of thiophene rings is 1. The van der Waals surface area contributed by atoms with Crippen LogP contribution in [0.5, 0.6) is 0 Å². The molecule has 0 saturated carbocycles. The number of benzene rings is 2. The summed E-state index contributed by atoms with van der Waals surface area (Å²) in [7, 11) is 0. The number of carbonyl (C=O) groups is 1. The maximum atomic E-state index is 13.1. The van der Waals surface area contributed by atoms with E-state index in [1.54, 1.807) is 18.2 Å². The van der Waals surface area contributed by atoms with E-state index in [1.165, 1.54) is 22.5 Å². The molecule has 0 aliphatic heterocycles. The second kappa shape index (κ2) is 7.69. The number of rotatable bonds is 3. The van der Waals surface area contributed by atoms with Crippen LogP contribution >= 0.6 is 34.5 Å². The monoisotopic (exact) mass is 452 g/mol. The molecule has 2 N–H and O–H groups in total. The number of hydrogen-bond donors (Lipinski definition) is 1. The van der Waals surface area contributed by atoms with E-state index in [4.69, 9.17) is 33.9 Å². The van der Waals surface area contributed by atoms with Crippen molar-refractivity contribution in [3.05, 3.63) is 91.9 Å². The molecule has 0 radical (unpaired) electrons. The van der Waals surface area contributed by atoms with Gasteiger partial charge in [-0.3, -0.25) is 4.79 Å². The lowest BCUT2D eigenvalue weighted by molar-refractivity contribution is 0.104. The topological polar surface area (TPSA) is 56.0 Å². The minimum atomic E-state index is -0.158. The van der Waals surface area contributed by atoms with E-state index in [0.29, 0.717) is 32.1 Å². The Labute approximate surface area is 188 Å². The van der Waals surface area contributed by atoms with E-state index in [0.717, 1.165) is 35.2 Å². The Balaban J connectivity index is 1.52. The summed E-state index contributed by atoms with van der Waals surface area (Å²) < 4.78 is 0. The standard InChI is InChI=1S/C24H18Cl2N2OS/c25-18-8-6-15(12-19(18)26)22(29)23-21(27)17-11-16-10-14(13-4-2-1-3-5-13)7-9-20(16)28-24(17)30-23/h1-6,8,11-12,14H,7,9-10,27H2. The maximum Gasteiger partial charge on any atom is 0.205 e. The second-order valence-electron chi connectivity index (χ2n) is 7.60. The van der Waals surface area contributed by atoms with Crippen LogP contribution in [-0.4, -0.2) is 10.8 Å². The van der Waals surface area contributed by atoms with Crippen LogP contribution in [0.25, 0.3) is 10.2 Å². The first-order valence-electron chi connectivity index (χ1n) is 9.76. The van der Waals surface area contributed by atoms with Crippen molar-refractivity contribution in [3.63, 3.8) is 0 Å². The molecule has 0 fully saturated rings. The molecule has 5 rings (SSSR count). The van der Waals surface area contributed by atoms with Crippen molar-refractivity contribution in [2.45, 2.75) is 25.2 Å². The third-order valence-electron chi connectivity index (χ3n) is 5.74. The van der Waals surface area contributed by atoms with Gasteiger partial charge in [0.05, 0.1) is 15.7 Å². The predicted molar refractivity (Wildman–Crippen MR) is 125 cm³/mol. The smallest absolute Gasteiger partial charge is 0.205 e. The number of hydrogen-bond acceptors (Lipinski definition) is 4. The quantitative estimate of drug-likeness (QED) is 0.352. The Hall–Kier alpha value is -2.40. The zero-order chi connectivity index (χ0) is 20.8. The number of nitrogen functional groups attached to an aromatic ring is 1. The van der Waals surface area contributed by atoms with Gasteiger partial charge in [-0.25, -0.2) is 4.98 Å². The highest BCUT2D eigenvalue weighted by Gasteiger charge is 2.25. The predicted octanol–water partition coefficient (Wildman–Crippen LogP) is 6.69. The summed E-state index contributed by atoms with van der Waals surface area (Å²) >= 11 is 13.4. The normalized spacial score (nSPS) is 15.9. The molecule has 2 aromatic heterocycles. The molecule has 3 nitrogen and oxygen atoms in total. The minimum absolute atomic E-state index is 0.158. The van der Waals surface area contributed by atoms with Gasteiger partial charge in [-0.2, -0.15) is 0 Å². The van der Waals surface area contributed by atoms with Gasteiger partial charge in [0, 0.05) is 16.6 Å². The van der Waals surface area contributed by atoms with Crippen LogP contribution in [0.3, 0.4) is 0 Å². The van der Waals surface area contributed by atoms with Crippen molar-refractivity contribution in [1.82, 2.24) is 4.98 Å². The van der Waals surface area contributed by atoms with Crippen molar-refractivity contribution in [3.8, 4) is 0 Å². The number of halogens is 2. The van der Waals surface area contributed by atoms with Crippen LogP contribution in [0.4, 0.5) is 5.69 Å². The van der Waals surface area contributed by atoms with Crippen molar-refractivity contribution in [1.29, 1.82) is 0 Å². The molecule has 150 valence electrons. The van der Waals surface area contributed by atoms with E-state index in [-0.39, 0.29) is 5.78 Å². The first-order valence-corrected chi connectivity index (χ1v) is 11.3. The third kappa shape index (κ3) is 3.39. The van der Waals surface area contributed by atoms with Crippen LogP contribution in [0.2, 0.25) is 10.0 Å². The molecule has 2 aromatic carbocycles. The van der Waals surface area contributed by atoms with Gasteiger partial charge in [-0.05, 0) is 60.6 Å². The summed E-state index contributed by atoms with van der Waals surface area (Å²) in [5, 5.41) is 1.62. The number of carbonyl (C=O) groups excluding carboxylic acids is 1. The Morgan fingerprint density at radius 1 is 1.07 bits per heavy atom. The second-order valence-corrected chi connectivity index (χ2v) is 9.41. The largest absolute Gasteiger partial charge is 0.397 e. The van der Waals surface area contributed by atoms with Crippen LogP contribution in [0.15, 0.2) is 54.6 Å². The average molecular weight is 453 g/mol. The number of nitrogens with two attached hydrogens (primary N) is 1. The van der Waals surface area contributed by atoms with E-state index in [2.05, 4.69) is 30.3 Å². The van der Waals surface area contributed by atoms with Crippen molar-refractivity contribution in [2.24, 2.45) is 0 Å². The fourth-order valence-electron chi connectivity index (χ4n) is 4.14. The first-order chi connectivity index (χ1) is 14.5. The number of aryl methyl sites for hydroxylation is 1. The Morgan fingerprint density at radius 2 is 1.87 bits per heavy atom. The summed E-state index contributed by atoms with van der Waals surface area (Å²) in [6, 6.07) is 17.6. The van der Waals surface area contributed by atoms with Crippen molar-refractivity contribution >= 4 is 56.2 Å². The molecule has 2 heterocycles. The number of aromatic nitrogens is 1. The van der Waals surface area contributed by atoms with E-state index in [1.807, 2.05) is 6.07 Å². The van der Waals surface area contributed by atoms with E-state index >= 15 is 0 Å². The third-order valence-corrected chi connectivity index (χ3v) is 7.60. The van der Waals surface area contributed by atoms with Gasteiger partial charge in [-0.1, -0.05) is 53.5 Å². The molecule has 1 aliphatic carbocycles. The van der Waals surface area contributed by atoms with Gasteiger partial charge in [-0.15, -0.1) is 11.3 Å². The number of fused-ring (bicyclic) bond motifs is 2. The molecular weight excluding hydrogens is 435 g/mol. The van der Waals surface area contributed by atoms with E-state index in [9.17, 15) is 4.79 Å². The van der Waals surface area contributed by atoms with Crippen molar-refractivity contribution < 1.29 is 4.79 Å². The molecule has 6 heteroatoms. The zero-order valence-corrected chi connectivity index (χ0v) is 18.3. The zero-order valence-electron chi connectivity index (χ0n) is 16.0. The molecule has 4 aromatic rings.